The van der Waals surface area contributed by atoms with E-state index in [-0.39, 0.29) is 0 Å². The summed E-state index contributed by atoms with van der Waals surface area (Å²) in [6.45, 7) is 0. The van der Waals surface area contributed by atoms with Gasteiger partial charge in [0.25, 0.3) is 0 Å². The Morgan fingerprint density at radius 3 is 1.55 bits per heavy atom. The number of rotatable bonds is 5. The molecule has 4 nitrogen and oxygen atoms in total. The molecular formula is C43H28N4. The molecule has 0 saturated carbocycles. The van der Waals surface area contributed by atoms with Crippen LogP contribution in [0.25, 0.3) is 83.6 Å². The number of aromatic nitrogens is 4. The second kappa shape index (κ2) is 11.2. The fourth-order valence-electron chi connectivity index (χ4n) is 6.44. The summed E-state index contributed by atoms with van der Waals surface area (Å²) < 4.78 is 2.24. The van der Waals surface area contributed by atoms with Crippen molar-refractivity contribution in [1.82, 2.24) is 19.5 Å². The van der Waals surface area contributed by atoms with Gasteiger partial charge in [0, 0.05) is 33.2 Å². The molecule has 3 aromatic heterocycles. The molecule has 9 aromatic rings. The average Bonchev–Trinajstić information content (AvgIpc) is 3.54. The van der Waals surface area contributed by atoms with Crippen molar-refractivity contribution in [2.24, 2.45) is 0 Å². The SMILES string of the molecule is c1ccc(-n2c(-c3cccc(-c4cc(-c5ccc6ccccc6n5)cc(-c5ccc6ccccc6n5)c4)c3)nc3ccccc32)cc1. The first-order valence-electron chi connectivity index (χ1n) is 15.8. The molecule has 0 fully saturated rings. The third kappa shape index (κ3) is 4.93. The van der Waals surface area contributed by atoms with Crippen LogP contribution in [0.5, 0.6) is 0 Å². The van der Waals surface area contributed by atoms with E-state index in [4.69, 9.17) is 15.0 Å². The highest BCUT2D eigenvalue weighted by Crippen LogP contribution is 2.36. The van der Waals surface area contributed by atoms with E-state index in [1.54, 1.807) is 0 Å². The topological polar surface area (TPSA) is 43.6 Å². The fraction of sp³-hybridized carbons (Fsp3) is 0. The minimum Gasteiger partial charge on any atom is -0.292 e. The third-order valence-corrected chi connectivity index (χ3v) is 8.75. The molecule has 0 radical (unpaired) electrons. The van der Waals surface area contributed by atoms with E-state index < -0.39 is 0 Å². The summed E-state index contributed by atoms with van der Waals surface area (Å²) in [7, 11) is 0. The number of fused-ring (bicyclic) bond motifs is 3. The van der Waals surface area contributed by atoms with E-state index in [1.807, 2.05) is 36.4 Å². The Kier molecular flexibility index (Phi) is 6.43. The van der Waals surface area contributed by atoms with Crippen LogP contribution in [0.1, 0.15) is 0 Å². The van der Waals surface area contributed by atoms with Gasteiger partial charge in [-0.25, -0.2) is 15.0 Å². The molecule has 4 heteroatoms. The summed E-state index contributed by atoms with van der Waals surface area (Å²) in [6, 6.07) is 59.1. The van der Waals surface area contributed by atoms with Gasteiger partial charge in [-0.3, -0.25) is 4.57 Å². The Hall–Kier alpha value is -6.39. The third-order valence-electron chi connectivity index (χ3n) is 8.75. The predicted molar refractivity (Wildman–Crippen MR) is 193 cm³/mol. The summed E-state index contributed by atoms with van der Waals surface area (Å²) in [5, 5.41) is 2.25. The van der Waals surface area contributed by atoms with Crippen molar-refractivity contribution in [3.05, 3.63) is 170 Å². The van der Waals surface area contributed by atoms with Gasteiger partial charge in [0.1, 0.15) is 5.82 Å². The average molecular weight is 601 g/mol. The predicted octanol–water partition coefficient (Wildman–Crippen LogP) is 10.8. The van der Waals surface area contributed by atoms with Crippen LogP contribution < -0.4 is 0 Å². The van der Waals surface area contributed by atoms with E-state index in [0.29, 0.717) is 0 Å². The van der Waals surface area contributed by atoms with Crippen molar-refractivity contribution in [2.75, 3.05) is 0 Å². The maximum Gasteiger partial charge on any atom is 0.145 e. The minimum absolute atomic E-state index is 0.906. The smallest absolute Gasteiger partial charge is 0.145 e. The highest BCUT2D eigenvalue weighted by molar-refractivity contribution is 5.88. The summed E-state index contributed by atoms with van der Waals surface area (Å²) in [5.74, 6) is 0.906. The van der Waals surface area contributed by atoms with Gasteiger partial charge in [-0.15, -0.1) is 0 Å². The van der Waals surface area contributed by atoms with Gasteiger partial charge in [-0.2, -0.15) is 0 Å². The van der Waals surface area contributed by atoms with Crippen LogP contribution >= 0.6 is 0 Å². The number of nitrogens with zero attached hydrogens (tertiary/aromatic N) is 4. The second-order valence-electron chi connectivity index (χ2n) is 11.8. The number of hydrogen-bond donors (Lipinski definition) is 0. The number of pyridine rings is 2. The van der Waals surface area contributed by atoms with Gasteiger partial charge >= 0.3 is 0 Å². The van der Waals surface area contributed by atoms with Crippen molar-refractivity contribution in [2.45, 2.75) is 0 Å². The molecule has 0 aliphatic carbocycles. The first-order valence-corrected chi connectivity index (χ1v) is 15.8. The van der Waals surface area contributed by atoms with Crippen LogP contribution in [0.4, 0.5) is 0 Å². The summed E-state index contributed by atoms with van der Waals surface area (Å²) in [5.41, 5.74) is 12.2. The molecule has 0 saturated heterocycles. The molecule has 47 heavy (non-hydrogen) atoms. The van der Waals surface area contributed by atoms with Gasteiger partial charge in [0.15, 0.2) is 0 Å². The van der Waals surface area contributed by atoms with Crippen molar-refractivity contribution in [3.8, 4) is 50.7 Å². The minimum atomic E-state index is 0.906. The highest BCUT2D eigenvalue weighted by atomic mass is 15.1. The van der Waals surface area contributed by atoms with Crippen LogP contribution in [0.15, 0.2) is 170 Å². The Morgan fingerprint density at radius 2 is 0.872 bits per heavy atom. The Balaban J connectivity index is 1.23. The highest BCUT2D eigenvalue weighted by Gasteiger charge is 2.16. The zero-order valence-corrected chi connectivity index (χ0v) is 25.5. The normalized spacial score (nSPS) is 11.4. The van der Waals surface area contributed by atoms with E-state index in [2.05, 4.69) is 138 Å². The van der Waals surface area contributed by atoms with Gasteiger partial charge in [-0.05, 0) is 83.9 Å². The maximum absolute atomic E-state index is 5.13. The lowest BCUT2D eigenvalue weighted by molar-refractivity contribution is 1.10. The second-order valence-corrected chi connectivity index (χ2v) is 11.8. The molecule has 3 heterocycles. The van der Waals surface area contributed by atoms with Crippen LogP contribution in [-0.4, -0.2) is 19.5 Å². The summed E-state index contributed by atoms with van der Waals surface area (Å²) >= 11 is 0. The zero-order chi connectivity index (χ0) is 31.2. The van der Waals surface area contributed by atoms with Gasteiger partial charge in [-0.1, -0.05) is 97.1 Å². The first kappa shape index (κ1) is 27.0. The van der Waals surface area contributed by atoms with Crippen molar-refractivity contribution < 1.29 is 0 Å². The van der Waals surface area contributed by atoms with Gasteiger partial charge in [0.2, 0.25) is 0 Å². The Labute approximate surface area is 272 Å². The molecule has 0 aliphatic heterocycles. The van der Waals surface area contributed by atoms with E-state index in [1.165, 1.54) is 0 Å². The van der Waals surface area contributed by atoms with Crippen LogP contribution in [0.2, 0.25) is 0 Å². The van der Waals surface area contributed by atoms with Crippen LogP contribution in [0.3, 0.4) is 0 Å². The number of hydrogen-bond acceptors (Lipinski definition) is 3. The molecular weight excluding hydrogens is 573 g/mol. The van der Waals surface area contributed by atoms with Crippen molar-refractivity contribution in [3.63, 3.8) is 0 Å². The summed E-state index contributed by atoms with van der Waals surface area (Å²) in [6.07, 6.45) is 0. The quantitative estimate of drug-likeness (QED) is 0.197. The van der Waals surface area contributed by atoms with Gasteiger partial charge in [0.05, 0.1) is 33.5 Å². The molecule has 0 bridgehead atoms. The zero-order valence-electron chi connectivity index (χ0n) is 25.5. The standard InChI is InChI=1S/C43H28N4/c1-2-15-36(16-3-1)47-42-20-9-8-19-41(42)46-43(47)32-14-10-13-31(25-32)33-26-34(39-23-21-29-11-4-6-17-37(29)44-39)28-35(27-33)40-24-22-30-12-5-7-18-38(30)45-40/h1-28H. The molecule has 6 aromatic carbocycles. The Morgan fingerprint density at radius 1 is 0.340 bits per heavy atom. The molecule has 9 rings (SSSR count). The van der Waals surface area contributed by atoms with Crippen LogP contribution in [-0.2, 0) is 0 Å². The summed E-state index contributed by atoms with van der Waals surface area (Å²) in [4.78, 5) is 15.3. The molecule has 220 valence electrons. The lowest BCUT2D eigenvalue weighted by Crippen LogP contribution is -1.97. The molecule has 0 aliphatic rings. The molecule has 0 atom stereocenters. The number of para-hydroxylation sites is 5. The molecule has 0 unspecified atom stereocenters. The fourth-order valence-corrected chi connectivity index (χ4v) is 6.44. The maximum atomic E-state index is 5.13. The monoisotopic (exact) mass is 600 g/mol. The Bertz CT molecular complexity index is 2490. The lowest BCUT2D eigenvalue weighted by atomic mass is 9.95. The number of imidazole rings is 1. The number of benzene rings is 6. The molecule has 0 amide bonds. The molecule has 0 N–H and O–H groups in total. The van der Waals surface area contributed by atoms with E-state index in [0.717, 1.165) is 83.6 Å². The first-order chi connectivity index (χ1) is 23.3. The van der Waals surface area contributed by atoms with Gasteiger partial charge < -0.3 is 0 Å². The lowest BCUT2D eigenvalue weighted by Gasteiger charge is -2.13. The van der Waals surface area contributed by atoms with Crippen molar-refractivity contribution >= 4 is 32.8 Å². The van der Waals surface area contributed by atoms with Crippen molar-refractivity contribution in [1.29, 1.82) is 0 Å². The van der Waals surface area contributed by atoms with E-state index >= 15 is 0 Å². The molecule has 0 spiro atoms. The van der Waals surface area contributed by atoms with E-state index in [9.17, 15) is 0 Å². The largest absolute Gasteiger partial charge is 0.292 e. The van der Waals surface area contributed by atoms with Crippen LogP contribution in [0, 0.1) is 0 Å².